The first kappa shape index (κ1) is 14.8. The number of hydrogen-bond acceptors (Lipinski definition) is 3. The molecular weight excluding hydrogens is 238 g/mol. The van der Waals surface area contributed by atoms with E-state index in [2.05, 4.69) is 35.9 Å². The molecule has 0 atom stereocenters. The molecule has 1 aliphatic carbocycles. The number of hydrogen-bond donors (Lipinski definition) is 1. The Bertz CT molecular complexity index is 307. The lowest BCUT2D eigenvalue weighted by Gasteiger charge is -2.43. The molecule has 1 heterocycles. The fourth-order valence-corrected chi connectivity index (χ4v) is 3.09. The molecule has 0 aromatic heterocycles. The van der Waals surface area contributed by atoms with Crippen molar-refractivity contribution in [3.05, 3.63) is 0 Å². The first-order valence-corrected chi connectivity index (χ1v) is 7.81. The summed E-state index contributed by atoms with van der Waals surface area (Å²) in [6.45, 7) is 12.0. The van der Waals surface area contributed by atoms with Crippen molar-refractivity contribution in [2.24, 2.45) is 5.92 Å². The number of carbonyl (C=O) groups is 1. The van der Waals surface area contributed by atoms with E-state index >= 15 is 0 Å². The predicted octanol–water partition coefficient (Wildman–Crippen LogP) is 1.32. The smallest absolute Gasteiger partial charge is 0.242 e. The maximum Gasteiger partial charge on any atom is 0.242 e. The highest BCUT2D eigenvalue weighted by atomic mass is 16.2. The highest BCUT2D eigenvalue weighted by Gasteiger charge is 2.38. The van der Waals surface area contributed by atoms with Gasteiger partial charge in [-0.05, 0) is 39.5 Å². The van der Waals surface area contributed by atoms with E-state index in [9.17, 15) is 4.79 Å². The molecule has 1 amide bonds. The Labute approximate surface area is 117 Å². The minimum absolute atomic E-state index is 0.309. The summed E-state index contributed by atoms with van der Waals surface area (Å²) >= 11 is 0. The van der Waals surface area contributed by atoms with Gasteiger partial charge in [-0.2, -0.15) is 0 Å². The third-order valence-corrected chi connectivity index (χ3v) is 4.80. The zero-order valence-electron chi connectivity index (χ0n) is 12.7. The van der Waals surface area contributed by atoms with Crippen molar-refractivity contribution in [2.45, 2.75) is 45.6 Å². The topological polar surface area (TPSA) is 35.6 Å². The Balaban J connectivity index is 1.97. The standard InChI is InChI=1S/C15H29N3O/c1-4-17(12-13-6-5-7-13)14(19)15(2,3)18-10-8-16-9-11-18/h13,16H,4-12H2,1-3H3. The van der Waals surface area contributed by atoms with Gasteiger partial charge in [0.2, 0.25) is 5.91 Å². The molecule has 1 aliphatic heterocycles. The number of amides is 1. The van der Waals surface area contributed by atoms with Crippen LogP contribution in [-0.2, 0) is 4.79 Å². The quantitative estimate of drug-likeness (QED) is 0.816. The van der Waals surface area contributed by atoms with E-state index in [4.69, 9.17) is 0 Å². The van der Waals surface area contributed by atoms with Gasteiger partial charge in [-0.3, -0.25) is 9.69 Å². The van der Waals surface area contributed by atoms with Crippen molar-refractivity contribution in [2.75, 3.05) is 39.3 Å². The van der Waals surface area contributed by atoms with Crippen molar-refractivity contribution in [3.63, 3.8) is 0 Å². The van der Waals surface area contributed by atoms with Crippen molar-refractivity contribution in [1.29, 1.82) is 0 Å². The highest BCUT2D eigenvalue weighted by molar-refractivity contribution is 5.85. The van der Waals surface area contributed by atoms with Crippen LogP contribution in [0, 0.1) is 5.92 Å². The molecule has 4 heteroatoms. The van der Waals surface area contributed by atoms with E-state index in [1.807, 2.05) is 0 Å². The number of rotatable bonds is 5. The molecule has 4 nitrogen and oxygen atoms in total. The van der Waals surface area contributed by atoms with Gasteiger partial charge in [0.15, 0.2) is 0 Å². The van der Waals surface area contributed by atoms with Crippen molar-refractivity contribution >= 4 is 5.91 Å². The van der Waals surface area contributed by atoms with Gasteiger partial charge in [-0.1, -0.05) is 6.42 Å². The third kappa shape index (κ3) is 3.29. The van der Waals surface area contributed by atoms with Crippen LogP contribution in [0.1, 0.15) is 40.0 Å². The molecule has 110 valence electrons. The maximum atomic E-state index is 12.8. The summed E-state index contributed by atoms with van der Waals surface area (Å²) in [5, 5.41) is 3.35. The number of likely N-dealkylation sites (N-methyl/N-ethyl adjacent to an activating group) is 1. The van der Waals surface area contributed by atoms with Gasteiger partial charge >= 0.3 is 0 Å². The van der Waals surface area contributed by atoms with E-state index in [-0.39, 0.29) is 5.54 Å². The van der Waals surface area contributed by atoms with Crippen molar-refractivity contribution in [1.82, 2.24) is 15.1 Å². The zero-order valence-corrected chi connectivity index (χ0v) is 12.7. The van der Waals surface area contributed by atoms with Gasteiger partial charge in [0, 0.05) is 39.3 Å². The van der Waals surface area contributed by atoms with E-state index in [0.29, 0.717) is 5.91 Å². The van der Waals surface area contributed by atoms with Gasteiger partial charge in [-0.15, -0.1) is 0 Å². The Morgan fingerprint density at radius 2 is 1.95 bits per heavy atom. The number of nitrogens with zero attached hydrogens (tertiary/aromatic N) is 2. The molecule has 2 fully saturated rings. The first-order chi connectivity index (χ1) is 9.05. The molecule has 2 rings (SSSR count). The van der Waals surface area contributed by atoms with Crippen molar-refractivity contribution in [3.8, 4) is 0 Å². The van der Waals surface area contributed by atoms with Crippen LogP contribution in [0.4, 0.5) is 0 Å². The molecule has 2 aliphatic rings. The summed E-state index contributed by atoms with van der Waals surface area (Å²) in [7, 11) is 0. The third-order valence-electron chi connectivity index (χ3n) is 4.80. The Kier molecular flexibility index (Phi) is 4.85. The van der Waals surface area contributed by atoms with E-state index in [0.717, 1.165) is 45.2 Å². The zero-order chi connectivity index (χ0) is 13.9. The van der Waals surface area contributed by atoms with Gasteiger partial charge in [0.1, 0.15) is 0 Å². The predicted molar refractivity (Wildman–Crippen MR) is 78.1 cm³/mol. The monoisotopic (exact) mass is 267 g/mol. The molecule has 0 radical (unpaired) electrons. The number of nitrogens with one attached hydrogen (secondary N) is 1. The summed E-state index contributed by atoms with van der Waals surface area (Å²) in [6.07, 6.45) is 3.95. The largest absolute Gasteiger partial charge is 0.341 e. The number of piperazine rings is 1. The maximum absolute atomic E-state index is 12.8. The Morgan fingerprint density at radius 3 is 2.42 bits per heavy atom. The molecule has 0 unspecified atom stereocenters. The minimum Gasteiger partial charge on any atom is -0.341 e. The summed E-state index contributed by atoms with van der Waals surface area (Å²) in [6, 6.07) is 0. The molecule has 0 aromatic rings. The van der Waals surface area contributed by atoms with Crippen LogP contribution in [0.3, 0.4) is 0 Å². The van der Waals surface area contributed by atoms with E-state index in [1.165, 1.54) is 19.3 Å². The van der Waals surface area contributed by atoms with E-state index in [1.54, 1.807) is 0 Å². The average molecular weight is 267 g/mol. The molecular formula is C15H29N3O. The van der Waals surface area contributed by atoms with Gasteiger partial charge < -0.3 is 10.2 Å². The average Bonchev–Trinajstić information content (AvgIpc) is 2.38. The summed E-state index contributed by atoms with van der Waals surface area (Å²) in [5.74, 6) is 1.06. The first-order valence-electron chi connectivity index (χ1n) is 7.81. The lowest BCUT2D eigenvalue weighted by molar-refractivity contribution is -0.144. The van der Waals surface area contributed by atoms with E-state index < -0.39 is 0 Å². The van der Waals surface area contributed by atoms with Gasteiger partial charge in [-0.25, -0.2) is 0 Å². The Hall–Kier alpha value is -0.610. The van der Waals surface area contributed by atoms with Crippen LogP contribution >= 0.6 is 0 Å². The van der Waals surface area contributed by atoms with Crippen LogP contribution < -0.4 is 5.32 Å². The second-order valence-electron chi connectivity index (χ2n) is 6.44. The van der Waals surface area contributed by atoms with Crippen molar-refractivity contribution < 1.29 is 4.79 Å². The molecule has 1 saturated carbocycles. The summed E-state index contributed by atoms with van der Waals surface area (Å²) in [4.78, 5) is 17.2. The second kappa shape index (κ2) is 6.23. The Morgan fingerprint density at radius 1 is 1.32 bits per heavy atom. The lowest BCUT2D eigenvalue weighted by Crippen LogP contribution is -2.61. The summed E-state index contributed by atoms with van der Waals surface area (Å²) < 4.78 is 0. The van der Waals surface area contributed by atoms with Gasteiger partial charge in [0.25, 0.3) is 0 Å². The minimum atomic E-state index is -0.359. The molecule has 0 aromatic carbocycles. The second-order valence-corrected chi connectivity index (χ2v) is 6.44. The lowest BCUT2D eigenvalue weighted by atomic mass is 9.84. The molecule has 19 heavy (non-hydrogen) atoms. The number of carbonyl (C=O) groups excluding carboxylic acids is 1. The van der Waals surface area contributed by atoms with Crippen LogP contribution in [0.2, 0.25) is 0 Å². The molecule has 0 spiro atoms. The van der Waals surface area contributed by atoms with Crippen LogP contribution in [0.5, 0.6) is 0 Å². The van der Waals surface area contributed by atoms with Crippen LogP contribution in [0.25, 0.3) is 0 Å². The SMILES string of the molecule is CCN(CC1CCC1)C(=O)C(C)(C)N1CCNCC1. The van der Waals surface area contributed by atoms with Crippen LogP contribution in [0.15, 0.2) is 0 Å². The van der Waals surface area contributed by atoms with Crippen LogP contribution in [-0.4, -0.2) is 60.5 Å². The fraction of sp³-hybridized carbons (Fsp3) is 0.933. The molecule has 1 saturated heterocycles. The summed E-state index contributed by atoms with van der Waals surface area (Å²) in [5.41, 5.74) is -0.359. The molecule has 0 bridgehead atoms. The molecule has 1 N–H and O–H groups in total. The van der Waals surface area contributed by atoms with Gasteiger partial charge in [0.05, 0.1) is 5.54 Å². The highest BCUT2D eigenvalue weighted by Crippen LogP contribution is 2.28. The normalized spacial score (nSPS) is 22.1. The fourth-order valence-electron chi connectivity index (χ4n) is 3.09.